The third-order valence-electron chi connectivity index (χ3n) is 1.93. The highest BCUT2D eigenvalue weighted by Gasteiger charge is 2.12. The van der Waals surface area contributed by atoms with Gasteiger partial charge in [-0.1, -0.05) is 0 Å². The van der Waals surface area contributed by atoms with Gasteiger partial charge in [0.15, 0.2) is 11.6 Å². The maximum atomic E-state index is 13.3. The molecule has 0 saturated heterocycles. The third kappa shape index (κ3) is 2.44. The molecule has 0 aliphatic rings. The predicted molar refractivity (Wildman–Crippen MR) is 56.0 cm³/mol. The van der Waals surface area contributed by atoms with Crippen molar-refractivity contribution in [3.05, 3.63) is 41.8 Å². The molecule has 0 fully saturated rings. The van der Waals surface area contributed by atoms with Crippen molar-refractivity contribution in [3.8, 4) is 0 Å². The second-order valence-electron chi connectivity index (χ2n) is 3.17. The number of nitrogens with one attached hydrogen (secondary N) is 1. The van der Waals surface area contributed by atoms with Gasteiger partial charge < -0.3 is 11.1 Å². The van der Waals surface area contributed by atoms with Gasteiger partial charge in [-0.25, -0.2) is 18.2 Å². The van der Waals surface area contributed by atoms with E-state index in [0.717, 1.165) is 0 Å². The number of hydrogen-bond acceptors (Lipinski definition) is 4. The van der Waals surface area contributed by atoms with Crippen molar-refractivity contribution in [3.63, 3.8) is 0 Å². The van der Waals surface area contributed by atoms with Gasteiger partial charge in [0.05, 0.1) is 0 Å². The first-order chi connectivity index (χ1) is 8.06. The van der Waals surface area contributed by atoms with Crippen LogP contribution in [-0.2, 0) is 0 Å². The molecule has 1 heterocycles. The van der Waals surface area contributed by atoms with Crippen LogP contribution in [0.5, 0.6) is 0 Å². The van der Waals surface area contributed by atoms with Gasteiger partial charge in [0.2, 0.25) is 5.95 Å². The number of aromatic nitrogens is 2. The Morgan fingerprint density at radius 2 is 1.76 bits per heavy atom. The Balaban J connectivity index is 2.36. The summed E-state index contributed by atoms with van der Waals surface area (Å²) in [6.45, 7) is 0. The predicted octanol–water partition coefficient (Wildman–Crippen LogP) is 2.22. The minimum Gasteiger partial charge on any atom is -0.368 e. The zero-order chi connectivity index (χ0) is 12.4. The van der Waals surface area contributed by atoms with Crippen molar-refractivity contribution < 1.29 is 13.2 Å². The summed E-state index contributed by atoms with van der Waals surface area (Å²) in [6, 6.07) is 2.50. The normalized spacial score (nSPS) is 10.3. The molecule has 88 valence electrons. The second kappa shape index (κ2) is 4.28. The summed E-state index contributed by atoms with van der Waals surface area (Å²) in [5.41, 5.74) is 4.81. The average Bonchev–Trinajstić information content (AvgIpc) is 2.23. The van der Waals surface area contributed by atoms with Crippen LogP contribution in [0.3, 0.4) is 0 Å². The molecular formula is C10H7F3N4. The van der Waals surface area contributed by atoms with Gasteiger partial charge in [-0.2, -0.15) is 4.98 Å². The molecule has 0 bridgehead atoms. The molecule has 17 heavy (non-hydrogen) atoms. The molecule has 0 aliphatic carbocycles. The summed E-state index contributed by atoms with van der Waals surface area (Å²) in [4.78, 5) is 7.32. The van der Waals surface area contributed by atoms with Crippen molar-refractivity contribution in [2.24, 2.45) is 0 Å². The Kier molecular flexibility index (Phi) is 2.82. The molecule has 0 radical (unpaired) electrons. The van der Waals surface area contributed by atoms with Crippen LogP contribution in [-0.4, -0.2) is 9.97 Å². The van der Waals surface area contributed by atoms with E-state index in [1.54, 1.807) is 0 Å². The molecule has 1 aromatic heterocycles. The molecule has 7 heteroatoms. The molecule has 0 unspecified atom stereocenters. The van der Waals surface area contributed by atoms with Gasteiger partial charge >= 0.3 is 0 Å². The molecule has 3 N–H and O–H groups in total. The molecule has 0 aliphatic heterocycles. The maximum Gasteiger partial charge on any atom is 0.221 e. The number of nitrogen functional groups attached to an aromatic ring is 1. The van der Waals surface area contributed by atoms with Crippen LogP contribution in [0.1, 0.15) is 0 Å². The molecule has 2 aromatic rings. The number of halogens is 3. The van der Waals surface area contributed by atoms with E-state index in [-0.39, 0.29) is 11.8 Å². The van der Waals surface area contributed by atoms with Crippen molar-refractivity contribution in [1.82, 2.24) is 9.97 Å². The average molecular weight is 240 g/mol. The monoisotopic (exact) mass is 240 g/mol. The van der Waals surface area contributed by atoms with E-state index in [1.807, 2.05) is 0 Å². The van der Waals surface area contributed by atoms with Crippen LogP contribution in [0, 0.1) is 17.5 Å². The first-order valence-electron chi connectivity index (χ1n) is 4.56. The van der Waals surface area contributed by atoms with E-state index in [4.69, 9.17) is 5.73 Å². The minimum absolute atomic E-state index is 0.0436. The first kappa shape index (κ1) is 11.2. The Morgan fingerprint density at radius 3 is 2.35 bits per heavy atom. The number of nitrogens with two attached hydrogens (primary N) is 1. The minimum atomic E-state index is -1.06. The molecule has 1 aromatic carbocycles. The largest absolute Gasteiger partial charge is 0.368 e. The zero-order valence-electron chi connectivity index (χ0n) is 8.42. The fourth-order valence-corrected chi connectivity index (χ4v) is 1.23. The lowest BCUT2D eigenvalue weighted by Crippen LogP contribution is -2.02. The van der Waals surface area contributed by atoms with E-state index in [0.29, 0.717) is 12.1 Å². The van der Waals surface area contributed by atoms with Crippen molar-refractivity contribution in [2.45, 2.75) is 0 Å². The van der Waals surface area contributed by atoms with E-state index in [1.165, 1.54) is 12.3 Å². The summed E-state index contributed by atoms with van der Waals surface area (Å²) in [5.74, 6) is -3.04. The number of benzene rings is 1. The summed E-state index contributed by atoms with van der Waals surface area (Å²) in [5, 5.41) is 2.36. The van der Waals surface area contributed by atoms with Crippen LogP contribution in [0.15, 0.2) is 24.4 Å². The molecule has 0 saturated carbocycles. The van der Waals surface area contributed by atoms with E-state index >= 15 is 0 Å². The summed E-state index contributed by atoms with van der Waals surface area (Å²) < 4.78 is 39.2. The van der Waals surface area contributed by atoms with E-state index in [2.05, 4.69) is 15.3 Å². The summed E-state index contributed by atoms with van der Waals surface area (Å²) in [7, 11) is 0. The third-order valence-corrected chi connectivity index (χ3v) is 1.93. The molecule has 0 spiro atoms. The lowest BCUT2D eigenvalue weighted by atomic mass is 10.2. The van der Waals surface area contributed by atoms with Crippen LogP contribution in [0.2, 0.25) is 0 Å². The Hall–Kier alpha value is -2.31. The SMILES string of the molecule is Nc1nccc(Nc2c(F)cc(F)cc2F)n1. The Morgan fingerprint density at radius 1 is 1.12 bits per heavy atom. The van der Waals surface area contributed by atoms with Gasteiger partial charge in [0.25, 0.3) is 0 Å². The smallest absolute Gasteiger partial charge is 0.221 e. The van der Waals surface area contributed by atoms with Gasteiger partial charge in [-0.15, -0.1) is 0 Å². The van der Waals surface area contributed by atoms with Gasteiger partial charge in [-0.3, -0.25) is 0 Å². The van der Waals surface area contributed by atoms with Crippen LogP contribution in [0.4, 0.5) is 30.6 Å². The van der Waals surface area contributed by atoms with Crippen LogP contribution < -0.4 is 11.1 Å². The molecule has 4 nitrogen and oxygen atoms in total. The lowest BCUT2D eigenvalue weighted by Gasteiger charge is -2.08. The Bertz CT molecular complexity index is 536. The fraction of sp³-hybridized carbons (Fsp3) is 0. The number of nitrogens with zero attached hydrogens (tertiary/aromatic N) is 2. The quantitative estimate of drug-likeness (QED) is 0.844. The van der Waals surface area contributed by atoms with Crippen molar-refractivity contribution in [1.29, 1.82) is 0 Å². The topological polar surface area (TPSA) is 63.8 Å². The molecule has 0 atom stereocenters. The Labute approximate surface area is 94.3 Å². The van der Waals surface area contributed by atoms with Crippen LogP contribution >= 0.6 is 0 Å². The van der Waals surface area contributed by atoms with Gasteiger partial charge in [-0.05, 0) is 6.07 Å². The molecule has 2 rings (SSSR count). The van der Waals surface area contributed by atoms with E-state index < -0.39 is 23.1 Å². The van der Waals surface area contributed by atoms with Gasteiger partial charge in [0.1, 0.15) is 17.3 Å². The molecule has 0 amide bonds. The van der Waals surface area contributed by atoms with Crippen molar-refractivity contribution >= 4 is 17.5 Å². The number of anilines is 3. The number of rotatable bonds is 2. The maximum absolute atomic E-state index is 13.3. The van der Waals surface area contributed by atoms with Gasteiger partial charge in [0, 0.05) is 18.3 Å². The van der Waals surface area contributed by atoms with E-state index in [9.17, 15) is 13.2 Å². The van der Waals surface area contributed by atoms with Crippen LogP contribution in [0.25, 0.3) is 0 Å². The van der Waals surface area contributed by atoms with Crippen molar-refractivity contribution in [2.75, 3.05) is 11.1 Å². The first-order valence-corrected chi connectivity index (χ1v) is 4.56. The highest BCUT2D eigenvalue weighted by Crippen LogP contribution is 2.23. The lowest BCUT2D eigenvalue weighted by molar-refractivity contribution is 0.549. The molecular weight excluding hydrogens is 233 g/mol. The summed E-state index contributed by atoms with van der Waals surface area (Å²) >= 11 is 0. The zero-order valence-corrected chi connectivity index (χ0v) is 8.42. The number of hydrogen-bond donors (Lipinski definition) is 2. The standard InChI is InChI=1S/C10H7F3N4/c11-5-3-6(12)9(7(13)4-5)16-8-1-2-15-10(14)17-8/h1-4H,(H3,14,15,16,17). The highest BCUT2D eigenvalue weighted by atomic mass is 19.1. The fourth-order valence-electron chi connectivity index (χ4n) is 1.23. The highest BCUT2D eigenvalue weighted by molar-refractivity contribution is 5.58. The summed E-state index contributed by atoms with van der Waals surface area (Å²) in [6.07, 6.45) is 1.32. The second-order valence-corrected chi connectivity index (χ2v) is 3.17.